The predicted molar refractivity (Wildman–Crippen MR) is 63.8 cm³/mol. The zero-order valence-electron chi connectivity index (χ0n) is 8.63. The maximum absolute atomic E-state index is 11.8. The van der Waals surface area contributed by atoms with Gasteiger partial charge in [-0.3, -0.25) is 4.21 Å². The first-order valence-electron chi connectivity index (χ1n) is 5.14. The Labute approximate surface area is 97.5 Å². The molecule has 1 N–H and O–H groups in total. The number of rotatable bonds is 3. The summed E-state index contributed by atoms with van der Waals surface area (Å²) >= 11 is 6.04. The molecule has 2 unspecified atom stereocenters. The molecule has 1 heterocycles. The van der Waals surface area contributed by atoms with Crippen molar-refractivity contribution in [3.8, 4) is 0 Å². The molecule has 1 aliphatic heterocycles. The average molecular weight is 244 g/mol. The molecule has 0 aromatic heterocycles. The molecule has 15 heavy (non-hydrogen) atoms. The summed E-state index contributed by atoms with van der Waals surface area (Å²) in [4.78, 5) is 0.827. The molecule has 4 heteroatoms. The fraction of sp³-hybridized carbons (Fsp3) is 0.455. The van der Waals surface area contributed by atoms with Crippen LogP contribution in [0.3, 0.4) is 0 Å². The summed E-state index contributed by atoms with van der Waals surface area (Å²) in [6, 6.07) is 5.95. The van der Waals surface area contributed by atoms with Gasteiger partial charge in [0, 0.05) is 11.8 Å². The summed E-state index contributed by atoms with van der Waals surface area (Å²) in [5.74, 6) is 0.652. The lowest BCUT2D eigenvalue weighted by atomic mass is 10.1. The lowest BCUT2D eigenvalue weighted by molar-refractivity contribution is 0.576. The third-order valence-electron chi connectivity index (χ3n) is 2.56. The smallest absolute Gasteiger partial charge is 0.0623 e. The number of benzene rings is 1. The van der Waals surface area contributed by atoms with Crippen LogP contribution < -0.4 is 5.32 Å². The molecule has 1 aromatic carbocycles. The van der Waals surface area contributed by atoms with Crippen molar-refractivity contribution in [1.82, 2.24) is 5.32 Å². The molecule has 2 rings (SSSR count). The Balaban J connectivity index is 2.30. The molecule has 82 valence electrons. The fourth-order valence-electron chi connectivity index (χ4n) is 1.85. The minimum Gasteiger partial charge on any atom is -0.309 e. The third kappa shape index (κ3) is 2.10. The monoisotopic (exact) mass is 243 g/mol. The summed E-state index contributed by atoms with van der Waals surface area (Å²) in [7, 11) is -0.937. The van der Waals surface area contributed by atoms with Crippen LogP contribution in [0.5, 0.6) is 0 Å². The van der Waals surface area contributed by atoms with E-state index in [1.165, 1.54) is 0 Å². The van der Waals surface area contributed by atoms with Crippen LogP contribution >= 0.6 is 11.6 Å². The Morgan fingerprint density at radius 2 is 2.40 bits per heavy atom. The molecule has 0 spiro atoms. The topological polar surface area (TPSA) is 29.1 Å². The largest absolute Gasteiger partial charge is 0.309 e. The molecule has 0 saturated carbocycles. The number of hydrogen-bond acceptors (Lipinski definition) is 2. The Morgan fingerprint density at radius 3 is 3.13 bits per heavy atom. The Morgan fingerprint density at radius 1 is 1.60 bits per heavy atom. The summed E-state index contributed by atoms with van der Waals surface area (Å²) < 4.78 is 11.8. The molecule has 0 aliphatic carbocycles. The highest BCUT2D eigenvalue weighted by molar-refractivity contribution is 7.85. The quantitative estimate of drug-likeness (QED) is 0.884. The highest BCUT2D eigenvalue weighted by Crippen LogP contribution is 2.35. The maximum Gasteiger partial charge on any atom is 0.0623 e. The van der Waals surface area contributed by atoms with Crippen LogP contribution in [-0.2, 0) is 10.8 Å². The molecule has 0 radical (unpaired) electrons. The summed E-state index contributed by atoms with van der Waals surface area (Å²) in [6.07, 6.45) is 1.08. The summed E-state index contributed by atoms with van der Waals surface area (Å²) in [5, 5.41) is 4.02. The summed E-state index contributed by atoms with van der Waals surface area (Å²) in [5.41, 5.74) is 1.11. The number of fused-ring (bicyclic) bond motifs is 1. The molecule has 0 saturated heterocycles. The van der Waals surface area contributed by atoms with Crippen molar-refractivity contribution in [3.63, 3.8) is 0 Å². The molecule has 2 nitrogen and oxygen atoms in total. The molecule has 0 fully saturated rings. The van der Waals surface area contributed by atoms with Crippen molar-refractivity contribution >= 4 is 22.4 Å². The van der Waals surface area contributed by atoms with Gasteiger partial charge in [0.05, 0.1) is 20.7 Å². The van der Waals surface area contributed by atoms with Crippen molar-refractivity contribution in [1.29, 1.82) is 0 Å². The Kier molecular flexibility index (Phi) is 3.44. The zero-order chi connectivity index (χ0) is 10.8. The van der Waals surface area contributed by atoms with E-state index in [0.29, 0.717) is 10.8 Å². The van der Waals surface area contributed by atoms with Gasteiger partial charge < -0.3 is 5.32 Å². The van der Waals surface area contributed by atoms with Crippen molar-refractivity contribution in [2.45, 2.75) is 24.3 Å². The highest BCUT2D eigenvalue weighted by atomic mass is 35.5. The third-order valence-corrected chi connectivity index (χ3v) is 4.53. The van der Waals surface area contributed by atoms with Crippen LogP contribution in [0, 0.1) is 0 Å². The number of nitrogens with one attached hydrogen (secondary N) is 1. The first-order valence-corrected chi connectivity index (χ1v) is 6.84. The highest BCUT2D eigenvalue weighted by Gasteiger charge is 2.29. The summed E-state index contributed by atoms with van der Waals surface area (Å²) in [6.45, 7) is 3.08. The van der Waals surface area contributed by atoms with Crippen LogP contribution in [-0.4, -0.2) is 16.5 Å². The van der Waals surface area contributed by atoms with E-state index in [9.17, 15) is 4.21 Å². The van der Waals surface area contributed by atoms with Crippen LogP contribution in [0.25, 0.3) is 0 Å². The molecule has 0 bridgehead atoms. The first kappa shape index (κ1) is 11.1. The van der Waals surface area contributed by atoms with Crippen LogP contribution in [0.4, 0.5) is 0 Å². The van der Waals surface area contributed by atoms with Crippen molar-refractivity contribution < 1.29 is 4.21 Å². The van der Waals surface area contributed by atoms with E-state index in [2.05, 4.69) is 12.2 Å². The van der Waals surface area contributed by atoms with Crippen molar-refractivity contribution in [3.05, 3.63) is 28.8 Å². The second-order valence-corrected chi connectivity index (χ2v) is 5.52. The van der Waals surface area contributed by atoms with Gasteiger partial charge in [-0.25, -0.2) is 0 Å². The van der Waals surface area contributed by atoms with Gasteiger partial charge in [-0.2, -0.15) is 0 Å². The van der Waals surface area contributed by atoms with Gasteiger partial charge in [0.25, 0.3) is 0 Å². The van der Waals surface area contributed by atoms with E-state index >= 15 is 0 Å². The molecular formula is C11H14ClNOS. The molecule has 2 atom stereocenters. The predicted octanol–water partition coefficient (Wildman–Crippen LogP) is 2.50. The Hall–Kier alpha value is -0.380. The van der Waals surface area contributed by atoms with Gasteiger partial charge in [0.2, 0.25) is 0 Å². The van der Waals surface area contributed by atoms with Gasteiger partial charge >= 0.3 is 0 Å². The van der Waals surface area contributed by atoms with E-state index in [4.69, 9.17) is 11.6 Å². The van der Waals surface area contributed by atoms with Crippen LogP contribution in [0.1, 0.15) is 24.9 Å². The van der Waals surface area contributed by atoms with Gasteiger partial charge in [-0.1, -0.05) is 30.7 Å². The lowest BCUT2D eigenvalue weighted by Crippen LogP contribution is -2.22. The number of halogens is 1. The second-order valence-electron chi connectivity index (χ2n) is 3.68. The molecular weight excluding hydrogens is 230 g/mol. The van der Waals surface area contributed by atoms with E-state index in [0.717, 1.165) is 23.4 Å². The second kappa shape index (κ2) is 4.64. The van der Waals surface area contributed by atoms with E-state index in [-0.39, 0.29) is 6.04 Å². The van der Waals surface area contributed by atoms with E-state index in [1.807, 2.05) is 12.1 Å². The van der Waals surface area contributed by atoms with E-state index in [1.54, 1.807) is 6.07 Å². The first-order chi connectivity index (χ1) is 7.24. The van der Waals surface area contributed by atoms with Gasteiger partial charge in [0.15, 0.2) is 0 Å². The van der Waals surface area contributed by atoms with E-state index < -0.39 is 10.8 Å². The molecule has 1 aromatic rings. The molecule has 1 aliphatic rings. The van der Waals surface area contributed by atoms with Crippen molar-refractivity contribution in [2.75, 3.05) is 12.3 Å². The van der Waals surface area contributed by atoms with Gasteiger partial charge in [0.1, 0.15) is 0 Å². The zero-order valence-corrected chi connectivity index (χ0v) is 10.2. The molecule has 0 amide bonds. The Bertz CT molecular complexity index is 394. The SMILES string of the molecule is CCCNC1CS(=O)c2c(Cl)cccc21. The van der Waals surface area contributed by atoms with Gasteiger partial charge in [-0.15, -0.1) is 0 Å². The standard InChI is InChI=1S/C11H14ClNOS/c1-2-6-13-10-7-15(14)11-8(10)4-3-5-9(11)12/h3-5,10,13H,2,6-7H2,1H3. The van der Waals surface area contributed by atoms with Crippen LogP contribution in [0.2, 0.25) is 5.02 Å². The average Bonchev–Trinajstić information content (AvgIpc) is 2.54. The number of hydrogen-bond donors (Lipinski definition) is 1. The maximum atomic E-state index is 11.8. The minimum absolute atomic E-state index is 0.208. The van der Waals surface area contributed by atoms with Crippen molar-refractivity contribution in [2.24, 2.45) is 0 Å². The lowest BCUT2D eigenvalue weighted by Gasteiger charge is -2.11. The van der Waals surface area contributed by atoms with Gasteiger partial charge in [-0.05, 0) is 24.6 Å². The fourth-order valence-corrected chi connectivity index (χ4v) is 3.82. The minimum atomic E-state index is -0.937. The normalized spacial score (nSPS) is 24.1. The van der Waals surface area contributed by atoms with Crippen LogP contribution in [0.15, 0.2) is 23.1 Å².